The maximum atomic E-state index is 11.6. The molecule has 0 amide bonds. The number of Topliss-reactive ketones (excluding diaryl/α,β-unsaturated/α-hetero) is 1. The molecule has 0 aromatic heterocycles. The number of fused-ring (bicyclic) bond motifs is 2. The standard InChI is InChI=1S/C10H16O.C7H8O3S/c1-9(2)7-4-5-10(9,3)8(11)6-7;1-6-4-2-3-5-7(6)11(8,9)10/h7H,4-6H2,1-3H3;2-5H,1H3,(H,8,9,10). The van der Waals surface area contributed by atoms with E-state index in [0.29, 0.717) is 17.3 Å². The Morgan fingerprint density at radius 1 is 1.18 bits per heavy atom. The number of ketones is 1. The molecular formula is C17H24O4S. The lowest BCUT2D eigenvalue weighted by molar-refractivity contribution is -0.128. The van der Waals surface area contributed by atoms with Crippen molar-refractivity contribution in [2.24, 2.45) is 16.7 Å². The Morgan fingerprint density at radius 3 is 2.05 bits per heavy atom. The average Bonchev–Trinajstić information content (AvgIpc) is 2.72. The monoisotopic (exact) mass is 324 g/mol. The van der Waals surface area contributed by atoms with E-state index in [-0.39, 0.29) is 15.7 Å². The summed E-state index contributed by atoms with van der Waals surface area (Å²) in [6.45, 7) is 8.30. The summed E-state index contributed by atoms with van der Waals surface area (Å²) in [6, 6.07) is 6.27. The van der Waals surface area contributed by atoms with Gasteiger partial charge in [0, 0.05) is 11.8 Å². The van der Waals surface area contributed by atoms with Crippen molar-refractivity contribution in [1.29, 1.82) is 0 Å². The lowest BCUT2D eigenvalue weighted by Crippen LogP contribution is -2.32. The van der Waals surface area contributed by atoms with Crippen molar-refractivity contribution in [3.8, 4) is 0 Å². The molecule has 2 fully saturated rings. The van der Waals surface area contributed by atoms with Crippen LogP contribution in [0.4, 0.5) is 0 Å². The molecule has 2 aliphatic rings. The third-order valence-electron chi connectivity index (χ3n) is 5.85. The Labute approximate surface area is 132 Å². The largest absolute Gasteiger partial charge is 0.299 e. The van der Waals surface area contributed by atoms with Crippen LogP contribution in [-0.4, -0.2) is 18.8 Å². The Balaban J connectivity index is 0.000000160. The van der Waals surface area contributed by atoms with E-state index in [4.69, 9.17) is 4.55 Å². The van der Waals surface area contributed by atoms with Gasteiger partial charge >= 0.3 is 0 Å². The van der Waals surface area contributed by atoms with Crippen LogP contribution in [0.25, 0.3) is 0 Å². The molecule has 5 heteroatoms. The van der Waals surface area contributed by atoms with Crippen LogP contribution < -0.4 is 0 Å². The van der Waals surface area contributed by atoms with Gasteiger partial charge in [0.15, 0.2) is 0 Å². The molecule has 0 saturated heterocycles. The first-order chi connectivity index (χ1) is 10.00. The molecule has 2 aliphatic carbocycles. The van der Waals surface area contributed by atoms with E-state index in [2.05, 4.69) is 20.8 Å². The summed E-state index contributed by atoms with van der Waals surface area (Å²) in [6.07, 6.45) is 3.25. The van der Waals surface area contributed by atoms with Crippen molar-refractivity contribution >= 4 is 15.9 Å². The van der Waals surface area contributed by atoms with Crippen LogP contribution in [0.15, 0.2) is 29.2 Å². The minimum Gasteiger partial charge on any atom is -0.299 e. The van der Waals surface area contributed by atoms with Crippen molar-refractivity contribution in [3.63, 3.8) is 0 Å². The Morgan fingerprint density at radius 2 is 1.77 bits per heavy atom. The molecule has 0 heterocycles. The highest BCUT2D eigenvalue weighted by Gasteiger charge is 2.61. The minimum atomic E-state index is -4.03. The fraction of sp³-hybridized carbons (Fsp3) is 0.588. The van der Waals surface area contributed by atoms with Gasteiger partial charge in [0.25, 0.3) is 10.1 Å². The summed E-state index contributed by atoms with van der Waals surface area (Å²) in [7, 11) is -4.03. The van der Waals surface area contributed by atoms with E-state index in [0.717, 1.165) is 12.8 Å². The minimum absolute atomic E-state index is 0.0255. The normalized spacial score (nSPS) is 29.1. The van der Waals surface area contributed by atoms with Gasteiger partial charge in [-0.25, -0.2) is 0 Å². The summed E-state index contributed by atoms with van der Waals surface area (Å²) in [5.41, 5.74) is 0.858. The predicted molar refractivity (Wildman–Crippen MR) is 85.2 cm³/mol. The molecule has 2 atom stereocenters. The number of hydrogen-bond donors (Lipinski definition) is 1. The Kier molecular flexibility index (Phi) is 4.26. The van der Waals surface area contributed by atoms with Crippen molar-refractivity contribution in [3.05, 3.63) is 29.8 Å². The fourth-order valence-corrected chi connectivity index (χ4v) is 4.47. The number of benzene rings is 1. The van der Waals surface area contributed by atoms with Crippen molar-refractivity contribution < 1.29 is 17.8 Å². The molecule has 4 nitrogen and oxygen atoms in total. The second-order valence-corrected chi connectivity index (χ2v) is 8.55. The number of aryl methyl sites for hydroxylation is 1. The molecule has 2 bridgehead atoms. The highest BCUT2D eigenvalue weighted by Crippen LogP contribution is 2.63. The molecule has 2 unspecified atom stereocenters. The molecule has 122 valence electrons. The van der Waals surface area contributed by atoms with Gasteiger partial charge in [-0.1, -0.05) is 39.0 Å². The SMILES string of the molecule is CC12CCC(CC1=O)C2(C)C.Cc1ccccc1S(=O)(=O)O. The molecule has 0 aliphatic heterocycles. The predicted octanol–water partition coefficient (Wildman–Crippen LogP) is 3.64. The topological polar surface area (TPSA) is 71.4 Å². The van der Waals surface area contributed by atoms with Gasteiger partial charge in [0.05, 0.1) is 4.90 Å². The zero-order valence-corrected chi connectivity index (χ0v) is 14.4. The quantitative estimate of drug-likeness (QED) is 0.801. The lowest BCUT2D eigenvalue weighted by Gasteiger charge is -2.32. The average molecular weight is 324 g/mol. The second kappa shape index (κ2) is 5.46. The fourth-order valence-electron chi connectivity index (χ4n) is 3.75. The van der Waals surface area contributed by atoms with Crippen molar-refractivity contribution in [1.82, 2.24) is 0 Å². The van der Waals surface area contributed by atoms with E-state index in [9.17, 15) is 13.2 Å². The first-order valence-corrected chi connectivity index (χ1v) is 9.00. The molecule has 3 rings (SSSR count). The molecule has 2 saturated carbocycles. The molecule has 1 N–H and O–H groups in total. The summed E-state index contributed by atoms with van der Waals surface area (Å²) in [5, 5.41) is 0. The summed E-state index contributed by atoms with van der Waals surface area (Å²) in [5.74, 6) is 1.19. The van der Waals surface area contributed by atoms with Crippen LogP contribution >= 0.6 is 0 Å². The third-order valence-corrected chi connectivity index (χ3v) is 6.87. The zero-order chi connectivity index (χ0) is 16.8. The van der Waals surface area contributed by atoms with Crippen molar-refractivity contribution in [2.45, 2.75) is 51.9 Å². The number of carbonyl (C=O) groups excluding carboxylic acids is 1. The van der Waals surface area contributed by atoms with Gasteiger partial charge in [-0.15, -0.1) is 0 Å². The number of rotatable bonds is 1. The van der Waals surface area contributed by atoms with Crippen molar-refractivity contribution in [2.75, 3.05) is 0 Å². The molecule has 1 aromatic rings. The second-order valence-electron chi connectivity index (χ2n) is 7.16. The maximum absolute atomic E-state index is 11.6. The first kappa shape index (κ1) is 17.2. The first-order valence-electron chi connectivity index (χ1n) is 7.56. The summed E-state index contributed by atoms with van der Waals surface area (Å²) >= 11 is 0. The highest BCUT2D eigenvalue weighted by atomic mass is 32.2. The van der Waals surface area contributed by atoms with E-state index < -0.39 is 10.1 Å². The van der Waals surface area contributed by atoms with Crippen LogP contribution in [0.1, 0.15) is 45.6 Å². The molecule has 1 aromatic carbocycles. The number of carbonyl (C=O) groups is 1. The molecule has 0 spiro atoms. The van der Waals surface area contributed by atoms with E-state index in [1.54, 1.807) is 25.1 Å². The zero-order valence-electron chi connectivity index (χ0n) is 13.6. The van der Waals surface area contributed by atoms with Crippen LogP contribution in [0, 0.1) is 23.7 Å². The maximum Gasteiger partial charge on any atom is 0.294 e. The Bertz CT molecular complexity index is 690. The summed E-state index contributed by atoms with van der Waals surface area (Å²) < 4.78 is 29.9. The van der Waals surface area contributed by atoms with E-state index in [1.165, 1.54) is 12.5 Å². The van der Waals surface area contributed by atoms with E-state index in [1.807, 2.05) is 0 Å². The van der Waals surface area contributed by atoms with E-state index >= 15 is 0 Å². The smallest absolute Gasteiger partial charge is 0.294 e. The van der Waals surface area contributed by atoms with Gasteiger partial charge in [-0.2, -0.15) is 8.42 Å². The Hall–Kier alpha value is -1.20. The van der Waals surface area contributed by atoms with Gasteiger partial charge in [-0.05, 0) is 42.7 Å². The van der Waals surface area contributed by atoms with Gasteiger partial charge in [0.2, 0.25) is 0 Å². The van der Waals surface area contributed by atoms with Gasteiger partial charge in [0.1, 0.15) is 5.78 Å². The van der Waals surface area contributed by atoms with Gasteiger partial charge < -0.3 is 0 Å². The lowest BCUT2D eigenvalue weighted by atomic mass is 9.70. The number of hydrogen-bond acceptors (Lipinski definition) is 3. The van der Waals surface area contributed by atoms with Crippen LogP contribution in [-0.2, 0) is 14.9 Å². The molecule has 22 heavy (non-hydrogen) atoms. The third kappa shape index (κ3) is 2.72. The van der Waals surface area contributed by atoms with Crippen LogP contribution in [0.2, 0.25) is 0 Å². The van der Waals surface area contributed by atoms with Crippen LogP contribution in [0.5, 0.6) is 0 Å². The van der Waals surface area contributed by atoms with Crippen LogP contribution in [0.3, 0.4) is 0 Å². The molecular weight excluding hydrogens is 300 g/mol. The molecule has 0 radical (unpaired) electrons. The summed E-state index contributed by atoms with van der Waals surface area (Å²) in [4.78, 5) is 11.5. The van der Waals surface area contributed by atoms with Gasteiger partial charge in [-0.3, -0.25) is 9.35 Å². The highest BCUT2D eigenvalue weighted by molar-refractivity contribution is 7.85.